The van der Waals surface area contributed by atoms with E-state index < -0.39 is 5.97 Å². The molecule has 0 radical (unpaired) electrons. The smallest absolute Gasteiger partial charge is 0.0944 e. The Morgan fingerprint density at radius 2 is 2.17 bits per heavy atom. The lowest BCUT2D eigenvalue weighted by Crippen LogP contribution is -2.31. The monoisotopic (exact) mass is 262 g/mol. The molecule has 0 saturated carbocycles. The van der Waals surface area contributed by atoms with Crippen LogP contribution >= 0.6 is 11.3 Å². The number of hydrogen-bond donors (Lipinski definition) is 0. The van der Waals surface area contributed by atoms with Gasteiger partial charge in [0.1, 0.15) is 0 Å². The highest BCUT2D eigenvalue weighted by molar-refractivity contribution is 7.18. The molecule has 0 unspecified atom stereocenters. The van der Waals surface area contributed by atoms with Crippen LogP contribution in [0, 0.1) is 5.41 Å². The Labute approximate surface area is 110 Å². The molecule has 1 atom stereocenters. The van der Waals surface area contributed by atoms with Crippen LogP contribution in [-0.2, 0) is 11.2 Å². The third-order valence-corrected chi connectivity index (χ3v) is 4.38. The number of fused-ring (bicyclic) bond motifs is 1. The van der Waals surface area contributed by atoms with Crippen LogP contribution in [0.3, 0.4) is 0 Å². The van der Waals surface area contributed by atoms with E-state index in [2.05, 4.69) is 4.98 Å². The molecule has 4 heteroatoms. The number of para-hydroxylation sites is 1. The number of carboxylic acids is 1. The van der Waals surface area contributed by atoms with E-state index in [-0.39, 0.29) is 11.8 Å². The number of aliphatic carboxylic acids is 1. The lowest BCUT2D eigenvalue weighted by molar-refractivity contribution is -0.308. The van der Waals surface area contributed by atoms with Gasteiger partial charge in [0, 0.05) is 12.4 Å². The highest BCUT2D eigenvalue weighted by Gasteiger charge is 2.24. The Balaban J connectivity index is 2.23. The van der Waals surface area contributed by atoms with Gasteiger partial charge in [0.05, 0.1) is 15.2 Å². The minimum atomic E-state index is -0.986. The Bertz CT molecular complexity index is 531. The Hall–Kier alpha value is -1.42. The van der Waals surface area contributed by atoms with Crippen molar-refractivity contribution in [3.05, 3.63) is 29.3 Å². The molecule has 18 heavy (non-hydrogen) atoms. The molecule has 2 rings (SSSR count). The maximum Gasteiger partial charge on any atom is 0.0944 e. The molecule has 0 aliphatic heterocycles. The molecule has 0 bridgehead atoms. The second kappa shape index (κ2) is 5.06. The van der Waals surface area contributed by atoms with E-state index in [1.807, 2.05) is 38.1 Å². The van der Waals surface area contributed by atoms with Crippen LogP contribution in [0.4, 0.5) is 0 Å². The van der Waals surface area contributed by atoms with E-state index in [1.165, 1.54) is 0 Å². The fraction of sp³-hybridized carbons (Fsp3) is 0.429. The van der Waals surface area contributed by atoms with Crippen molar-refractivity contribution in [2.24, 2.45) is 5.41 Å². The SMILES string of the molecule is CC[C@](C)(CC(=O)[O-])Cc1nc2ccccc2s1. The van der Waals surface area contributed by atoms with Crippen LogP contribution in [0.25, 0.3) is 10.2 Å². The van der Waals surface area contributed by atoms with Crippen LogP contribution in [0.2, 0.25) is 0 Å². The number of aromatic nitrogens is 1. The number of benzene rings is 1. The van der Waals surface area contributed by atoms with E-state index in [0.717, 1.165) is 21.6 Å². The predicted molar refractivity (Wildman–Crippen MR) is 71.3 cm³/mol. The molecule has 0 aliphatic carbocycles. The van der Waals surface area contributed by atoms with Crippen molar-refractivity contribution in [3.63, 3.8) is 0 Å². The first kappa shape index (κ1) is 13.0. The lowest BCUT2D eigenvalue weighted by atomic mass is 9.81. The molecule has 0 fully saturated rings. The van der Waals surface area contributed by atoms with Crippen LogP contribution in [0.1, 0.15) is 31.7 Å². The normalized spacial score (nSPS) is 14.6. The molecule has 2 aromatic rings. The van der Waals surface area contributed by atoms with E-state index in [9.17, 15) is 9.90 Å². The van der Waals surface area contributed by atoms with Crippen molar-refractivity contribution in [2.45, 2.75) is 33.1 Å². The molecule has 0 aliphatic rings. The molecule has 0 saturated heterocycles. The maximum atomic E-state index is 10.8. The molecule has 3 nitrogen and oxygen atoms in total. The average Bonchev–Trinajstić information content (AvgIpc) is 2.69. The summed E-state index contributed by atoms with van der Waals surface area (Å²) in [4.78, 5) is 15.4. The van der Waals surface area contributed by atoms with E-state index in [1.54, 1.807) is 11.3 Å². The first-order valence-corrected chi connectivity index (χ1v) is 6.88. The summed E-state index contributed by atoms with van der Waals surface area (Å²) in [6.45, 7) is 3.99. The number of hydrogen-bond acceptors (Lipinski definition) is 4. The largest absolute Gasteiger partial charge is 0.550 e. The summed E-state index contributed by atoms with van der Waals surface area (Å²) in [5, 5.41) is 11.8. The molecule has 0 N–H and O–H groups in total. The Kier molecular flexibility index (Phi) is 3.66. The van der Waals surface area contributed by atoms with E-state index >= 15 is 0 Å². The molecule has 0 spiro atoms. The average molecular weight is 262 g/mol. The number of rotatable bonds is 5. The van der Waals surface area contributed by atoms with Crippen LogP contribution in [-0.4, -0.2) is 11.0 Å². The van der Waals surface area contributed by atoms with Gasteiger partial charge >= 0.3 is 0 Å². The number of carbonyl (C=O) groups excluding carboxylic acids is 1. The fourth-order valence-electron chi connectivity index (χ4n) is 2.02. The summed E-state index contributed by atoms with van der Waals surface area (Å²) in [5.74, 6) is -0.986. The van der Waals surface area contributed by atoms with Gasteiger partial charge in [-0.1, -0.05) is 26.0 Å². The summed E-state index contributed by atoms with van der Waals surface area (Å²) in [6, 6.07) is 7.98. The molecular weight excluding hydrogens is 246 g/mol. The molecule has 0 amide bonds. The van der Waals surface area contributed by atoms with Gasteiger partial charge < -0.3 is 9.90 Å². The fourth-order valence-corrected chi connectivity index (χ4v) is 3.20. The number of carboxylic acid groups (broad SMARTS) is 1. The Morgan fingerprint density at radius 3 is 2.78 bits per heavy atom. The first-order valence-electron chi connectivity index (χ1n) is 6.07. The maximum absolute atomic E-state index is 10.8. The predicted octanol–water partition coefficient (Wildman–Crippen LogP) is 2.40. The van der Waals surface area contributed by atoms with Gasteiger partial charge in [-0.3, -0.25) is 0 Å². The Morgan fingerprint density at radius 1 is 1.44 bits per heavy atom. The van der Waals surface area contributed by atoms with Crippen molar-refractivity contribution in [3.8, 4) is 0 Å². The molecule has 96 valence electrons. The van der Waals surface area contributed by atoms with E-state index in [4.69, 9.17) is 0 Å². The van der Waals surface area contributed by atoms with Gasteiger partial charge in [0.25, 0.3) is 0 Å². The van der Waals surface area contributed by atoms with Gasteiger partial charge in [0.15, 0.2) is 0 Å². The van der Waals surface area contributed by atoms with Gasteiger partial charge in [-0.05, 0) is 30.4 Å². The quantitative estimate of drug-likeness (QED) is 0.831. The first-order chi connectivity index (χ1) is 8.52. The number of thiazole rings is 1. The van der Waals surface area contributed by atoms with Crippen LogP contribution in [0.5, 0.6) is 0 Å². The second-order valence-electron chi connectivity index (χ2n) is 4.97. The highest BCUT2D eigenvalue weighted by atomic mass is 32.1. The van der Waals surface area contributed by atoms with Crippen molar-refractivity contribution in [1.82, 2.24) is 4.98 Å². The van der Waals surface area contributed by atoms with Crippen LogP contribution < -0.4 is 5.11 Å². The van der Waals surface area contributed by atoms with Gasteiger partial charge in [0.2, 0.25) is 0 Å². The molecule has 1 aromatic carbocycles. The summed E-state index contributed by atoms with van der Waals surface area (Å²) in [5.41, 5.74) is 0.719. The van der Waals surface area contributed by atoms with Gasteiger partial charge in [-0.25, -0.2) is 4.98 Å². The zero-order valence-corrected chi connectivity index (χ0v) is 11.4. The number of nitrogens with zero attached hydrogens (tertiary/aromatic N) is 1. The highest BCUT2D eigenvalue weighted by Crippen LogP contribution is 2.33. The summed E-state index contributed by atoms with van der Waals surface area (Å²) in [7, 11) is 0. The van der Waals surface area contributed by atoms with Crippen molar-refractivity contribution >= 4 is 27.5 Å². The molecule has 1 heterocycles. The minimum absolute atomic E-state index is 0.0828. The zero-order chi connectivity index (χ0) is 13.2. The second-order valence-corrected chi connectivity index (χ2v) is 6.08. The van der Waals surface area contributed by atoms with Gasteiger partial charge in [-0.15, -0.1) is 11.3 Å². The van der Waals surface area contributed by atoms with Gasteiger partial charge in [-0.2, -0.15) is 0 Å². The van der Waals surface area contributed by atoms with E-state index in [0.29, 0.717) is 6.42 Å². The lowest BCUT2D eigenvalue weighted by Gasteiger charge is -2.27. The standard InChI is InChI=1S/C14H17NO2S/c1-3-14(2,9-13(16)17)8-12-15-10-6-4-5-7-11(10)18-12/h4-7H,3,8-9H2,1-2H3,(H,16,17)/p-1/t14-/m0/s1. The summed E-state index contributed by atoms with van der Waals surface area (Å²) < 4.78 is 1.15. The zero-order valence-electron chi connectivity index (χ0n) is 10.6. The molecular formula is C14H16NO2S-. The third-order valence-electron chi connectivity index (χ3n) is 3.34. The third kappa shape index (κ3) is 2.88. The minimum Gasteiger partial charge on any atom is -0.550 e. The van der Waals surface area contributed by atoms with Crippen molar-refractivity contribution in [2.75, 3.05) is 0 Å². The van der Waals surface area contributed by atoms with Crippen molar-refractivity contribution in [1.29, 1.82) is 0 Å². The molecule has 1 aromatic heterocycles. The summed E-state index contributed by atoms with van der Waals surface area (Å²) >= 11 is 1.64. The van der Waals surface area contributed by atoms with Crippen LogP contribution in [0.15, 0.2) is 24.3 Å². The topological polar surface area (TPSA) is 53.0 Å². The summed E-state index contributed by atoms with van der Waals surface area (Å²) in [6.07, 6.45) is 1.58. The number of carbonyl (C=O) groups is 1. The van der Waals surface area contributed by atoms with Crippen molar-refractivity contribution < 1.29 is 9.90 Å².